The van der Waals surface area contributed by atoms with Crippen molar-refractivity contribution in [2.75, 3.05) is 39.4 Å². The molecule has 2 aliphatic rings. The van der Waals surface area contributed by atoms with Crippen molar-refractivity contribution in [2.24, 2.45) is 5.92 Å². The zero-order valence-corrected chi connectivity index (χ0v) is 13.4. The monoisotopic (exact) mass is 334 g/mol. The molecule has 2 bridgehead atoms. The van der Waals surface area contributed by atoms with E-state index in [-0.39, 0.29) is 36.6 Å². The third kappa shape index (κ3) is 4.04. The molecule has 0 aliphatic carbocycles. The Balaban J connectivity index is 1.72. The van der Waals surface area contributed by atoms with Gasteiger partial charge in [0.2, 0.25) is 5.91 Å². The van der Waals surface area contributed by atoms with Gasteiger partial charge in [-0.25, -0.2) is 0 Å². The zero-order valence-electron chi connectivity index (χ0n) is 13.4. The Hall–Kier alpha value is -2.12. The van der Waals surface area contributed by atoms with Crippen LogP contribution in [0.15, 0.2) is 24.3 Å². The van der Waals surface area contributed by atoms with Gasteiger partial charge in [0.1, 0.15) is 5.75 Å². The number of nitrogens with zero attached hydrogens (tertiary/aromatic N) is 2. The molecule has 2 N–H and O–H groups in total. The van der Waals surface area contributed by atoms with Crippen molar-refractivity contribution in [1.29, 1.82) is 0 Å². The molecule has 0 saturated carbocycles. The molecule has 2 fully saturated rings. The van der Waals surface area contributed by atoms with Crippen LogP contribution in [-0.2, 0) is 20.7 Å². The highest BCUT2D eigenvalue weighted by atomic mass is 16.5. The Morgan fingerprint density at radius 2 is 2.04 bits per heavy atom. The smallest absolute Gasteiger partial charge is 0.317 e. The van der Waals surface area contributed by atoms with Crippen LogP contribution in [0.25, 0.3) is 0 Å². The van der Waals surface area contributed by atoms with E-state index in [0.717, 1.165) is 5.56 Å². The van der Waals surface area contributed by atoms with E-state index in [1.54, 1.807) is 18.2 Å². The van der Waals surface area contributed by atoms with Crippen LogP contribution in [-0.4, -0.2) is 77.3 Å². The highest BCUT2D eigenvalue weighted by Gasteiger charge is 2.36. The van der Waals surface area contributed by atoms with E-state index < -0.39 is 5.97 Å². The Morgan fingerprint density at radius 1 is 1.21 bits per heavy atom. The number of fused-ring (bicyclic) bond motifs is 3. The van der Waals surface area contributed by atoms with Gasteiger partial charge < -0.3 is 19.8 Å². The third-order valence-corrected chi connectivity index (χ3v) is 4.49. The van der Waals surface area contributed by atoms with E-state index in [9.17, 15) is 14.7 Å². The fraction of sp³-hybridized carbons (Fsp3) is 0.529. The van der Waals surface area contributed by atoms with E-state index in [2.05, 4.69) is 0 Å². The first-order valence-corrected chi connectivity index (χ1v) is 8.10. The van der Waals surface area contributed by atoms with Crippen molar-refractivity contribution in [3.05, 3.63) is 29.8 Å². The second-order valence-corrected chi connectivity index (χ2v) is 6.54. The molecule has 1 amide bonds. The van der Waals surface area contributed by atoms with E-state index in [1.165, 1.54) is 0 Å². The lowest BCUT2D eigenvalue weighted by atomic mass is 10.1. The number of benzene rings is 1. The van der Waals surface area contributed by atoms with Gasteiger partial charge in [-0.1, -0.05) is 12.1 Å². The van der Waals surface area contributed by atoms with Crippen molar-refractivity contribution >= 4 is 11.9 Å². The number of ether oxygens (including phenoxy) is 1. The minimum Gasteiger partial charge on any atom is -0.508 e. The molecule has 1 aromatic rings. The number of aliphatic carboxylic acids is 1. The van der Waals surface area contributed by atoms with Crippen LogP contribution in [0.4, 0.5) is 0 Å². The lowest BCUT2D eigenvalue weighted by Crippen LogP contribution is -2.47. The summed E-state index contributed by atoms with van der Waals surface area (Å²) in [5, 5.41) is 18.6. The molecule has 0 radical (unpaired) electrons. The lowest BCUT2D eigenvalue weighted by molar-refractivity contribution is -0.138. The standard InChI is InChI=1S/C17H22N2O5/c20-15-3-1-2-12(4-15)5-16(21)19-7-13-6-18(9-17(22)23)8-14(19)11-24-10-13/h1-4,13-14,20H,5-11H2,(H,22,23)/t13-,14-/m0/s1. The summed E-state index contributed by atoms with van der Waals surface area (Å²) in [6.45, 7) is 2.67. The Kier molecular flexibility index (Phi) is 5.01. The fourth-order valence-electron chi connectivity index (χ4n) is 3.51. The molecule has 2 aliphatic heterocycles. The van der Waals surface area contributed by atoms with Gasteiger partial charge in [-0.3, -0.25) is 14.5 Å². The topological polar surface area (TPSA) is 90.3 Å². The number of phenolic OH excluding ortho intramolecular Hbond substituents is 1. The SMILES string of the molecule is O=C(O)CN1C[C@@H]2COC[C@H](C1)N(C(=O)Cc1cccc(O)c1)C2. The molecule has 3 rings (SSSR count). The highest BCUT2D eigenvalue weighted by Crippen LogP contribution is 2.21. The van der Waals surface area contributed by atoms with Crippen LogP contribution in [0, 0.1) is 5.92 Å². The highest BCUT2D eigenvalue weighted by molar-refractivity contribution is 5.79. The molecule has 130 valence electrons. The molecule has 1 aromatic carbocycles. The molecule has 24 heavy (non-hydrogen) atoms. The number of hydrogen-bond acceptors (Lipinski definition) is 5. The summed E-state index contributed by atoms with van der Waals surface area (Å²) in [7, 11) is 0. The van der Waals surface area contributed by atoms with E-state index >= 15 is 0 Å². The number of hydrogen-bond donors (Lipinski definition) is 2. The summed E-state index contributed by atoms with van der Waals surface area (Å²) in [4.78, 5) is 27.5. The molecule has 7 heteroatoms. The summed E-state index contributed by atoms with van der Waals surface area (Å²) < 4.78 is 5.66. The Morgan fingerprint density at radius 3 is 2.79 bits per heavy atom. The van der Waals surface area contributed by atoms with Crippen LogP contribution in [0.1, 0.15) is 5.56 Å². The van der Waals surface area contributed by atoms with E-state index in [0.29, 0.717) is 32.8 Å². The maximum absolute atomic E-state index is 12.8. The van der Waals surface area contributed by atoms with Gasteiger partial charge in [0.15, 0.2) is 0 Å². The summed E-state index contributed by atoms with van der Waals surface area (Å²) in [5.74, 6) is -0.609. The largest absolute Gasteiger partial charge is 0.508 e. The second kappa shape index (κ2) is 7.19. The third-order valence-electron chi connectivity index (χ3n) is 4.49. The number of rotatable bonds is 4. The van der Waals surface area contributed by atoms with Crippen LogP contribution < -0.4 is 0 Å². The first-order valence-electron chi connectivity index (χ1n) is 8.10. The zero-order chi connectivity index (χ0) is 17.1. The van der Waals surface area contributed by atoms with Crippen molar-refractivity contribution in [2.45, 2.75) is 12.5 Å². The number of carboxylic acid groups (broad SMARTS) is 1. The summed E-state index contributed by atoms with van der Waals surface area (Å²) >= 11 is 0. The second-order valence-electron chi connectivity index (χ2n) is 6.54. The van der Waals surface area contributed by atoms with Gasteiger partial charge in [-0.05, 0) is 17.7 Å². The van der Waals surface area contributed by atoms with Gasteiger partial charge in [0.05, 0.1) is 32.2 Å². The predicted molar refractivity (Wildman–Crippen MR) is 85.7 cm³/mol. The Bertz CT molecular complexity index is 621. The maximum Gasteiger partial charge on any atom is 0.317 e. The molecule has 7 nitrogen and oxygen atoms in total. The molecule has 2 heterocycles. The molecule has 0 aromatic heterocycles. The lowest BCUT2D eigenvalue weighted by Gasteiger charge is -2.30. The van der Waals surface area contributed by atoms with Crippen molar-refractivity contribution < 1.29 is 24.5 Å². The Labute approximate surface area is 140 Å². The minimum absolute atomic E-state index is 0.0123. The number of phenols is 1. The average molecular weight is 334 g/mol. The van der Waals surface area contributed by atoms with Crippen LogP contribution in [0.2, 0.25) is 0 Å². The molecular formula is C17H22N2O5. The van der Waals surface area contributed by atoms with Crippen molar-refractivity contribution in [1.82, 2.24) is 9.80 Å². The first kappa shape index (κ1) is 16.7. The molecular weight excluding hydrogens is 312 g/mol. The van der Waals surface area contributed by atoms with Gasteiger partial charge in [0, 0.05) is 25.6 Å². The predicted octanol–water partition coefficient (Wildman–Crippen LogP) is 0.179. The van der Waals surface area contributed by atoms with Gasteiger partial charge in [0.25, 0.3) is 0 Å². The van der Waals surface area contributed by atoms with Crippen LogP contribution in [0.3, 0.4) is 0 Å². The normalized spacial score (nSPS) is 24.4. The molecule has 0 unspecified atom stereocenters. The van der Waals surface area contributed by atoms with E-state index in [4.69, 9.17) is 9.84 Å². The van der Waals surface area contributed by atoms with Gasteiger partial charge in [-0.2, -0.15) is 0 Å². The molecule has 0 spiro atoms. The van der Waals surface area contributed by atoms with Crippen molar-refractivity contribution in [3.63, 3.8) is 0 Å². The quantitative estimate of drug-likeness (QED) is 0.816. The maximum atomic E-state index is 12.8. The number of carbonyl (C=O) groups is 2. The first-order chi connectivity index (χ1) is 11.5. The summed E-state index contributed by atoms with van der Waals surface area (Å²) in [5.41, 5.74) is 0.766. The van der Waals surface area contributed by atoms with Crippen molar-refractivity contribution in [3.8, 4) is 5.75 Å². The summed E-state index contributed by atoms with van der Waals surface area (Å²) in [6, 6.07) is 6.56. The van der Waals surface area contributed by atoms with Gasteiger partial charge in [-0.15, -0.1) is 0 Å². The number of aromatic hydroxyl groups is 1. The van der Waals surface area contributed by atoms with Gasteiger partial charge >= 0.3 is 5.97 Å². The van der Waals surface area contributed by atoms with Crippen LogP contribution >= 0.6 is 0 Å². The van der Waals surface area contributed by atoms with E-state index in [1.807, 2.05) is 15.9 Å². The number of carbonyl (C=O) groups excluding carboxylic acids is 1. The minimum atomic E-state index is -0.853. The number of amides is 1. The van der Waals surface area contributed by atoms with Crippen LogP contribution in [0.5, 0.6) is 5.75 Å². The molecule has 2 saturated heterocycles. The fourth-order valence-corrected chi connectivity index (χ4v) is 3.51. The average Bonchev–Trinajstić information content (AvgIpc) is 2.77. The number of carboxylic acids is 1. The summed E-state index contributed by atoms with van der Waals surface area (Å²) in [6.07, 6.45) is 0.219. The molecule has 2 atom stereocenters.